The van der Waals surface area contributed by atoms with Crippen LogP contribution in [0.25, 0.3) is 0 Å². The summed E-state index contributed by atoms with van der Waals surface area (Å²) < 4.78 is 11.3. The van der Waals surface area contributed by atoms with Crippen LogP contribution in [0.4, 0.5) is 0 Å². The minimum Gasteiger partial charge on any atom is -0.486 e. The third kappa shape index (κ3) is 3.45. The molecule has 0 aromatic heterocycles. The van der Waals surface area contributed by atoms with Gasteiger partial charge in [0.1, 0.15) is 13.2 Å². The van der Waals surface area contributed by atoms with Crippen molar-refractivity contribution in [2.45, 2.75) is 46.1 Å². The monoisotopic (exact) mass is 277 g/mol. The van der Waals surface area contributed by atoms with Gasteiger partial charge in [0.25, 0.3) is 0 Å². The summed E-state index contributed by atoms with van der Waals surface area (Å²) in [4.78, 5) is 0. The van der Waals surface area contributed by atoms with Crippen molar-refractivity contribution < 1.29 is 9.47 Å². The van der Waals surface area contributed by atoms with E-state index in [0.29, 0.717) is 31.1 Å². The third-order valence-electron chi connectivity index (χ3n) is 3.98. The quantitative estimate of drug-likeness (QED) is 0.862. The summed E-state index contributed by atoms with van der Waals surface area (Å²) in [7, 11) is 0. The first kappa shape index (κ1) is 15.2. The third-order valence-corrected chi connectivity index (χ3v) is 3.98. The summed E-state index contributed by atoms with van der Waals surface area (Å²) in [5.74, 6) is 2.82. The zero-order chi connectivity index (χ0) is 14.5. The highest BCUT2D eigenvalue weighted by Crippen LogP contribution is 2.34. The van der Waals surface area contributed by atoms with Crippen LogP contribution in [0.2, 0.25) is 0 Å². The number of benzene rings is 1. The molecule has 1 aromatic rings. The van der Waals surface area contributed by atoms with Gasteiger partial charge in [-0.25, -0.2) is 0 Å². The maximum Gasteiger partial charge on any atom is 0.161 e. The molecule has 0 aliphatic carbocycles. The number of nitrogens with one attached hydrogen (secondary N) is 1. The van der Waals surface area contributed by atoms with E-state index in [4.69, 9.17) is 9.47 Å². The lowest BCUT2D eigenvalue weighted by Crippen LogP contribution is -2.38. The zero-order valence-electron chi connectivity index (χ0n) is 13.1. The van der Waals surface area contributed by atoms with Gasteiger partial charge in [-0.15, -0.1) is 0 Å². The van der Waals surface area contributed by atoms with Gasteiger partial charge in [-0.1, -0.05) is 33.8 Å². The lowest BCUT2D eigenvalue weighted by Gasteiger charge is -2.30. The Kier molecular flexibility index (Phi) is 5.30. The molecule has 3 heteroatoms. The summed E-state index contributed by atoms with van der Waals surface area (Å²) in [5.41, 5.74) is 1.32. The van der Waals surface area contributed by atoms with Gasteiger partial charge in [-0.05, 0) is 42.5 Å². The average molecular weight is 277 g/mol. The highest BCUT2D eigenvalue weighted by Gasteiger charge is 2.23. The summed E-state index contributed by atoms with van der Waals surface area (Å²) in [6.45, 7) is 11.4. The molecular weight excluding hydrogens is 250 g/mol. The SMILES string of the molecule is CCCNC(C(C)C)C(C)c1ccc2c(c1)OCCO2. The van der Waals surface area contributed by atoms with Gasteiger partial charge in [0.2, 0.25) is 0 Å². The molecule has 0 saturated heterocycles. The van der Waals surface area contributed by atoms with Gasteiger partial charge in [0, 0.05) is 6.04 Å². The fourth-order valence-corrected chi connectivity index (χ4v) is 2.85. The lowest BCUT2D eigenvalue weighted by atomic mass is 9.86. The minimum atomic E-state index is 0.456. The topological polar surface area (TPSA) is 30.5 Å². The number of fused-ring (bicyclic) bond motifs is 1. The van der Waals surface area contributed by atoms with Crippen LogP contribution >= 0.6 is 0 Å². The smallest absolute Gasteiger partial charge is 0.161 e. The first-order chi connectivity index (χ1) is 9.63. The Balaban J connectivity index is 2.15. The molecule has 0 radical (unpaired) electrons. The summed E-state index contributed by atoms with van der Waals surface area (Å²) >= 11 is 0. The van der Waals surface area contributed by atoms with Crippen molar-refractivity contribution in [3.63, 3.8) is 0 Å². The van der Waals surface area contributed by atoms with Crippen LogP contribution in [-0.4, -0.2) is 25.8 Å². The molecule has 112 valence electrons. The largest absolute Gasteiger partial charge is 0.486 e. The Bertz CT molecular complexity index is 431. The van der Waals surface area contributed by atoms with E-state index in [1.807, 2.05) is 6.07 Å². The molecule has 0 bridgehead atoms. The molecule has 20 heavy (non-hydrogen) atoms. The summed E-state index contributed by atoms with van der Waals surface area (Å²) in [5, 5.41) is 3.68. The van der Waals surface area contributed by atoms with E-state index >= 15 is 0 Å². The minimum absolute atomic E-state index is 0.456. The molecule has 1 N–H and O–H groups in total. The van der Waals surface area contributed by atoms with Crippen molar-refractivity contribution in [1.29, 1.82) is 0 Å². The highest BCUT2D eigenvalue weighted by molar-refractivity contribution is 5.45. The Labute approximate surface area is 122 Å². The van der Waals surface area contributed by atoms with Crippen molar-refractivity contribution >= 4 is 0 Å². The second-order valence-corrected chi connectivity index (χ2v) is 5.92. The van der Waals surface area contributed by atoms with Crippen LogP contribution in [-0.2, 0) is 0 Å². The Morgan fingerprint density at radius 1 is 1.10 bits per heavy atom. The molecule has 1 heterocycles. The molecule has 0 fully saturated rings. The van der Waals surface area contributed by atoms with Crippen molar-refractivity contribution in [2.24, 2.45) is 5.92 Å². The number of ether oxygens (including phenoxy) is 2. The molecular formula is C17H27NO2. The van der Waals surface area contributed by atoms with Crippen LogP contribution in [0.15, 0.2) is 18.2 Å². The van der Waals surface area contributed by atoms with Crippen LogP contribution in [0.1, 0.15) is 45.6 Å². The molecule has 0 amide bonds. The number of rotatable bonds is 6. The van der Waals surface area contributed by atoms with Crippen LogP contribution in [0.3, 0.4) is 0 Å². The predicted molar refractivity (Wildman–Crippen MR) is 82.8 cm³/mol. The molecule has 1 aromatic carbocycles. The van der Waals surface area contributed by atoms with E-state index in [1.165, 1.54) is 5.56 Å². The van der Waals surface area contributed by atoms with Crippen LogP contribution in [0.5, 0.6) is 11.5 Å². The van der Waals surface area contributed by atoms with Gasteiger partial charge in [0.15, 0.2) is 11.5 Å². The number of hydrogen-bond acceptors (Lipinski definition) is 3. The van der Waals surface area contributed by atoms with Gasteiger partial charge in [-0.2, -0.15) is 0 Å². The van der Waals surface area contributed by atoms with Crippen molar-refractivity contribution in [3.05, 3.63) is 23.8 Å². The van der Waals surface area contributed by atoms with Crippen LogP contribution < -0.4 is 14.8 Å². The molecule has 2 atom stereocenters. The summed E-state index contributed by atoms with van der Waals surface area (Å²) in [6, 6.07) is 6.83. The molecule has 1 aliphatic heterocycles. The Morgan fingerprint density at radius 3 is 2.45 bits per heavy atom. The Morgan fingerprint density at radius 2 is 1.80 bits per heavy atom. The fraction of sp³-hybridized carbons (Fsp3) is 0.647. The lowest BCUT2D eigenvalue weighted by molar-refractivity contribution is 0.171. The maximum atomic E-state index is 5.69. The summed E-state index contributed by atoms with van der Waals surface area (Å²) in [6.07, 6.45) is 1.16. The van der Waals surface area contributed by atoms with Gasteiger partial charge < -0.3 is 14.8 Å². The normalized spacial score (nSPS) is 17.1. The van der Waals surface area contributed by atoms with Gasteiger partial charge >= 0.3 is 0 Å². The molecule has 0 spiro atoms. The van der Waals surface area contributed by atoms with E-state index in [-0.39, 0.29) is 0 Å². The van der Waals surface area contributed by atoms with E-state index in [9.17, 15) is 0 Å². The first-order valence-electron chi connectivity index (χ1n) is 7.76. The van der Waals surface area contributed by atoms with E-state index < -0.39 is 0 Å². The fourth-order valence-electron chi connectivity index (χ4n) is 2.85. The van der Waals surface area contributed by atoms with Crippen molar-refractivity contribution in [1.82, 2.24) is 5.32 Å². The van der Waals surface area contributed by atoms with E-state index in [0.717, 1.165) is 24.5 Å². The molecule has 1 aliphatic rings. The van der Waals surface area contributed by atoms with Gasteiger partial charge in [-0.3, -0.25) is 0 Å². The first-order valence-corrected chi connectivity index (χ1v) is 7.76. The van der Waals surface area contributed by atoms with E-state index in [2.05, 4.69) is 45.1 Å². The maximum absolute atomic E-state index is 5.69. The second kappa shape index (κ2) is 6.98. The predicted octanol–water partition coefficient (Wildman–Crippen LogP) is 3.59. The molecule has 2 unspecified atom stereocenters. The van der Waals surface area contributed by atoms with E-state index in [1.54, 1.807) is 0 Å². The van der Waals surface area contributed by atoms with Gasteiger partial charge in [0.05, 0.1) is 0 Å². The molecule has 3 nitrogen and oxygen atoms in total. The standard InChI is InChI=1S/C17H27NO2/c1-5-8-18-17(12(2)3)13(4)14-6-7-15-16(11-14)20-10-9-19-15/h6-7,11-13,17-18H,5,8-10H2,1-4H3. The second-order valence-electron chi connectivity index (χ2n) is 5.92. The zero-order valence-corrected chi connectivity index (χ0v) is 13.1. The average Bonchev–Trinajstić information content (AvgIpc) is 2.46. The molecule has 0 saturated carbocycles. The van der Waals surface area contributed by atoms with Crippen LogP contribution in [0, 0.1) is 5.92 Å². The Hall–Kier alpha value is -1.22. The number of hydrogen-bond donors (Lipinski definition) is 1. The van der Waals surface area contributed by atoms with Crippen molar-refractivity contribution in [2.75, 3.05) is 19.8 Å². The van der Waals surface area contributed by atoms with Crippen molar-refractivity contribution in [3.8, 4) is 11.5 Å². The highest BCUT2D eigenvalue weighted by atomic mass is 16.6. The molecule has 2 rings (SSSR count).